The quantitative estimate of drug-likeness (QED) is 0.617. The fourth-order valence-corrected chi connectivity index (χ4v) is 2.68. The van der Waals surface area contributed by atoms with Gasteiger partial charge in [0.2, 0.25) is 5.88 Å². The van der Waals surface area contributed by atoms with Gasteiger partial charge in [0.05, 0.1) is 24.2 Å². The molecule has 1 heterocycles. The van der Waals surface area contributed by atoms with Crippen molar-refractivity contribution >= 4 is 11.5 Å². The Balaban J connectivity index is 2.58. The number of aromatic nitrogens is 1. The van der Waals surface area contributed by atoms with Gasteiger partial charge in [0.15, 0.2) is 0 Å². The molecular weight excluding hydrogens is 359 g/mol. The maximum Gasteiger partial charge on any atom is 0.343 e. The topological polar surface area (TPSA) is 48.4 Å². The number of carbonyl (C=O) groups excluding carboxylic acids is 1. The number of hydrogen-bond donors (Lipinski definition) is 0. The summed E-state index contributed by atoms with van der Waals surface area (Å²) >= 11 is 0. The van der Waals surface area contributed by atoms with Crippen LogP contribution in [0.5, 0.6) is 11.6 Å². The number of hydrogen-bond acceptors (Lipinski definition) is 4. The lowest BCUT2D eigenvalue weighted by atomic mass is 10.1. The highest BCUT2D eigenvalue weighted by Crippen LogP contribution is 2.32. The second kappa shape index (κ2) is 8.70. The Hall–Kier alpha value is -2.83. The van der Waals surface area contributed by atoms with Crippen molar-refractivity contribution in [2.24, 2.45) is 0 Å². The lowest BCUT2D eigenvalue weighted by molar-refractivity contribution is 0.0522. The Kier molecular flexibility index (Phi) is 6.60. The molecule has 0 fully saturated rings. The van der Waals surface area contributed by atoms with E-state index in [-0.39, 0.29) is 30.1 Å². The average molecular weight is 379 g/mol. The Labute approximate surface area is 155 Å². The molecule has 0 saturated heterocycles. The van der Waals surface area contributed by atoms with E-state index in [1.165, 1.54) is 6.07 Å². The standard InChI is InChI=1S/C20H20F3NO3/c1-5-26-20(25)14-6-7-16(15(10-21)18(22)23)24-19(14)27-17-12(3)8-11(2)9-13(17)4/h6-10,18H,5H2,1-4H3. The van der Waals surface area contributed by atoms with Crippen LogP contribution in [0, 0.1) is 20.8 Å². The monoisotopic (exact) mass is 379 g/mol. The number of ether oxygens (including phenoxy) is 2. The van der Waals surface area contributed by atoms with Crippen LogP contribution in [0.15, 0.2) is 30.6 Å². The van der Waals surface area contributed by atoms with Crippen LogP contribution in [0.25, 0.3) is 5.57 Å². The van der Waals surface area contributed by atoms with Crippen molar-refractivity contribution in [3.8, 4) is 11.6 Å². The summed E-state index contributed by atoms with van der Waals surface area (Å²) in [7, 11) is 0. The molecule has 0 atom stereocenters. The van der Waals surface area contributed by atoms with Gasteiger partial charge >= 0.3 is 5.97 Å². The predicted molar refractivity (Wildman–Crippen MR) is 96.0 cm³/mol. The Morgan fingerprint density at radius 2 is 1.81 bits per heavy atom. The lowest BCUT2D eigenvalue weighted by Gasteiger charge is -2.15. The first-order valence-corrected chi connectivity index (χ1v) is 8.31. The Morgan fingerprint density at radius 1 is 1.19 bits per heavy atom. The largest absolute Gasteiger partial charge is 0.462 e. The summed E-state index contributed by atoms with van der Waals surface area (Å²) in [4.78, 5) is 16.1. The predicted octanol–water partition coefficient (Wildman–Crippen LogP) is 5.55. The number of rotatable bonds is 6. The van der Waals surface area contributed by atoms with Crippen LogP contribution < -0.4 is 4.74 Å². The minimum absolute atomic E-state index is 0.0348. The Bertz CT molecular complexity index is 856. The molecule has 144 valence electrons. The normalized spacial score (nSPS) is 11.6. The third kappa shape index (κ3) is 4.67. The maximum atomic E-state index is 13.0. The van der Waals surface area contributed by atoms with Gasteiger partial charge in [-0.2, -0.15) is 0 Å². The van der Waals surface area contributed by atoms with Crippen molar-refractivity contribution in [2.45, 2.75) is 34.1 Å². The molecule has 7 heteroatoms. The minimum atomic E-state index is -3.06. The Morgan fingerprint density at radius 3 is 2.33 bits per heavy atom. The summed E-state index contributed by atoms with van der Waals surface area (Å²) in [6.45, 7) is 7.31. The number of esters is 1. The van der Waals surface area contributed by atoms with Crippen molar-refractivity contribution in [3.05, 3.63) is 58.5 Å². The van der Waals surface area contributed by atoms with E-state index in [9.17, 15) is 18.0 Å². The second-order valence-electron chi connectivity index (χ2n) is 5.96. The van der Waals surface area contributed by atoms with E-state index in [4.69, 9.17) is 9.47 Å². The van der Waals surface area contributed by atoms with Crippen LogP contribution in [0.2, 0.25) is 0 Å². The van der Waals surface area contributed by atoms with Gasteiger partial charge in [-0.1, -0.05) is 17.7 Å². The number of carbonyl (C=O) groups is 1. The summed E-state index contributed by atoms with van der Waals surface area (Å²) in [5.74, 6) is -0.489. The summed E-state index contributed by atoms with van der Waals surface area (Å²) in [6.07, 6.45) is -3.27. The molecular formula is C20H20F3NO3. The van der Waals surface area contributed by atoms with Crippen LogP contribution >= 0.6 is 0 Å². The number of pyridine rings is 1. The molecule has 2 aromatic rings. The SMILES string of the molecule is CCOC(=O)c1ccc(C(=CF)C(F)F)nc1Oc1c(C)cc(C)cc1C. The molecule has 0 aliphatic rings. The summed E-state index contributed by atoms with van der Waals surface area (Å²) in [5.41, 5.74) is 1.33. The summed E-state index contributed by atoms with van der Waals surface area (Å²) in [6, 6.07) is 6.12. The molecule has 27 heavy (non-hydrogen) atoms. The van der Waals surface area contributed by atoms with Gasteiger partial charge in [0.25, 0.3) is 6.43 Å². The van der Waals surface area contributed by atoms with Gasteiger partial charge in [0.1, 0.15) is 11.3 Å². The van der Waals surface area contributed by atoms with Crippen LogP contribution in [0.3, 0.4) is 0 Å². The van der Waals surface area contributed by atoms with Gasteiger partial charge in [-0.15, -0.1) is 0 Å². The third-order valence-electron chi connectivity index (χ3n) is 3.81. The molecule has 0 aliphatic carbocycles. The zero-order valence-electron chi connectivity index (χ0n) is 15.5. The van der Waals surface area contributed by atoms with Crippen LogP contribution in [0.1, 0.15) is 39.7 Å². The fraction of sp³-hybridized carbons (Fsp3) is 0.300. The molecule has 2 rings (SSSR count). The molecule has 1 aromatic heterocycles. The average Bonchev–Trinajstić information content (AvgIpc) is 2.58. The van der Waals surface area contributed by atoms with Gasteiger partial charge in [-0.05, 0) is 51.0 Å². The zero-order valence-corrected chi connectivity index (χ0v) is 15.5. The molecule has 0 bridgehead atoms. The van der Waals surface area contributed by atoms with E-state index < -0.39 is 18.0 Å². The van der Waals surface area contributed by atoms with Crippen molar-refractivity contribution in [1.82, 2.24) is 4.98 Å². The molecule has 0 unspecified atom stereocenters. The maximum absolute atomic E-state index is 13.0. The number of aryl methyl sites for hydroxylation is 3. The lowest BCUT2D eigenvalue weighted by Crippen LogP contribution is -2.10. The number of benzene rings is 1. The first kappa shape index (κ1) is 20.5. The molecule has 4 nitrogen and oxygen atoms in total. The van der Waals surface area contributed by atoms with Crippen molar-refractivity contribution < 1.29 is 27.4 Å². The molecule has 1 aromatic carbocycles. The van der Waals surface area contributed by atoms with Crippen LogP contribution in [0.4, 0.5) is 13.2 Å². The fourth-order valence-electron chi connectivity index (χ4n) is 2.68. The highest BCUT2D eigenvalue weighted by molar-refractivity contribution is 5.92. The number of halogens is 3. The first-order valence-electron chi connectivity index (χ1n) is 8.31. The van der Waals surface area contributed by atoms with Crippen molar-refractivity contribution in [1.29, 1.82) is 0 Å². The van der Waals surface area contributed by atoms with Gasteiger partial charge in [0, 0.05) is 0 Å². The highest BCUT2D eigenvalue weighted by atomic mass is 19.3. The van der Waals surface area contributed by atoms with E-state index in [0.29, 0.717) is 5.75 Å². The third-order valence-corrected chi connectivity index (χ3v) is 3.81. The number of allylic oxidation sites excluding steroid dienone is 1. The zero-order chi connectivity index (χ0) is 20.1. The van der Waals surface area contributed by atoms with Crippen LogP contribution in [-0.2, 0) is 4.74 Å². The molecule has 0 aliphatic heterocycles. The van der Waals surface area contributed by atoms with Crippen LogP contribution in [-0.4, -0.2) is 24.0 Å². The number of nitrogens with zero attached hydrogens (tertiary/aromatic N) is 1. The van der Waals surface area contributed by atoms with E-state index in [0.717, 1.165) is 22.8 Å². The molecule has 0 N–H and O–H groups in total. The van der Waals surface area contributed by atoms with Gasteiger partial charge in [-0.25, -0.2) is 22.9 Å². The van der Waals surface area contributed by atoms with E-state index in [1.807, 2.05) is 32.9 Å². The molecule has 0 amide bonds. The van der Waals surface area contributed by atoms with E-state index in [1.54, 1.807) is 6.92 Å². The smallest absolute Gasteiger partial charge is 0.343 e. The summed E-state index contributed by atoms with van der Waals surface area (Å²) < 4.78 is 49.7. The minimum Gasteiger partial charge on any atom is -0.462 e. The highest BCUT2D eigenvalue weighted by Gasteiger charge is 2.22. The molecule has 0 radical (unpaired) electrons. The van der Waals surface area contributed by atoms with Crippen molar-refractivity contribution in [3.63, 3.8) is 0 Å². The van der Waals surface area contributed by atoms with Gasteiger partial charge in [-0.3, -0.25) is 0 Å². The molecule has 0 spiro atoms. The van der Waals surface area contributed by atoms with E-state index >= 15 is 0 Å². The number of alkyl halides is 2. The summed E-state index contributed by atoms with van der Waals surface area (Å²) in [5, 5.41) is 0. The molecule has 0 saturated carbocycles. The van der Waals surface area contributed by atoms with Gasteiger partial charge < -0.3 is 9.47 Å². The van der Waals surface area contributed by atoms with Crippen molar-refractivity contribution in [2.75, 3.05) is 6.61 Å². The first-order chi connectivity index (χ1) is 12.8. The second-order valence-corrected chi connectivity index (χ2v) is 5.96. The van der Waals surface area contributed by atoms with E-state index in [2.05, 4.69) is 4.98 Å².